The van der Waals surface area contributed by atoms with Gasteiger partial charge in [-0.3, -0.25) is 24.3 Å². The third-order valence-electron chi connectivity index (χ3n) is 12.2. The van der Waals surface area contributed by atoms with Gasteiger partial charge in [0.05, 0.1) is 23.9 Å². The fraction of sp³-hybridized carbons (Fsp3) is 0.714. The van der Waals surface area contributed by atoms with Crippen LogP contribution in [0.15, 0.2) is 37.2 Å². The third kappa shape index (κ3) is 9.78. The number of ether oxygens (including phenoxy) is 5. The van der Waals surface area contributed by atoms with E-state index in [1.165, 1.54) is 37.7 Å². The number of hydrogen-bond donors (Lipinski definition) is 2. The van der Waals surface area contributed by atoms with E-state index in [2.05, 4.69) is 16.9 Å². The minimum Gasteiger partial charge on any atom is -0.455 e. The average molecular weight is 819 g/mol. The number of halogens is 1. The lowest BCUT2D eigenvalue weighted by atomic mass is 9.73. The van der Waals surface area contributed by atoms with Gasteiger partial charge < -0.3 is 39.0 Å². The molecule has 15 nitrogen and oxygen atoms in total. The molecular weight excluding hydrogens is 755 g/mol. The largest absolute Gasteiger partial charge is 0.455 e. The standard InChI is InChI=1S/C42H63FN4O11/c1-12-16-45-30-20-25(4)55-37(33(30)50)57-36-27(6)35(51)41(9,43)38(52)56-31(13-2)42(10)34(26(5)32(49)24(3)21-40(36,8)54-11)47(39(53)58-42)19-18-46(28(7)48)23-29-15-14-17-44-22-29/h12,14-15,17,22,24-27,30-31,33-34,36-37,45,50H,1,13,16,18-21,23H2,2-11H3/t24-,25-,26+,27-,30+,31-,33+,34?,36-,37+,40-,41+,42-/m1/s1. The summed E-state index contributed by atoms with van der Waals surface area (Å²) < 4.78 is 47.3. The highest BCUT2D eigenvalue weighted by Crippen LogP contribution is 2.43. The van der Waals surface area contributed by atoms with E-state index in [-0.39, 0.29) is 44.2 Å². The van der Waals surface area contributed by atoms with Gasteiger partial charge in [-0.1, -0.05) is 39.8 Å². The van der Waals surface area contributed by atoms with Gasteiger partial charge in [-0.05, 0) is 58.6 Å². The molecule has 3 saturated heterocycles. The van der Waals surface area contributed by atoms with Crippen LogP contribution in [0.25, 0.3) is 0 Å². The van der Waals surface area contributed by atoms with Crippen LogP contribution in [0.1, 0.15) is 87.1 Å². The number of nitrogens with one attached hydrogen (secondary N) is 1. The summed E-state index contributed by atoms with van der Waals surface area (Å²) in [7, 11) is 1.37. The summed E-state index contributed by atoms with van der Waals surface area (Å²) in [4.78, 5) is 76.5. The van der Waals surface area contributed by atoms with Crippen molar-refractivity contribution in [1.29, 1.82) is 0 Å². The van der Waals surface area contributed by atoms with Crippen LogP contribution < -0.4 is 5.32 Å². The number of amides is 2. The Kier molecular flexibility index (Phi) is 15.4. The van der Waals surface area contributed by atoms with Crippen LogP contribution in [-0.2, 0) is 49.4 Å². The number of cyclic esters (lactones) is 1. The molecule has 4 heterocycles. The van der Waals surface area contributed by atoms with E-state index < -0.39 is 95.3 Å². The van der Waals surface area contributed by atoms with Crippen molar-refractivity contribution in [3.05, 3.63) is 42.7 Å². The molecule has 0 aromatic carbocycles. The molecule has 0 aliphatic carbocycles. The van der Waals surface area contributed by atoms with Gasteiger partial charge in [0, 0.05) is 76.4 Å². The second-order valence-corrected chi connectivity index (χ2v) is 16.7. The lowest BCUT2D eigenvalue weighted by Gasteiger charge is -2.46. The van der Waals surface area contributed by atoms with Gasteiger partial charge in [-0.2, -0.15) is 0 Å². The van der Waals surface area contributed by atoms with Crippen LogP contribution in [0.2, 0.25) is 0 Å². The fourth-order valence-electron chi connectivity index (χ4n) is 8.95. The summed E-state index contributed by atoms with van der Waals surface area (Å²) in [5, 5.41) is 14.6. The fourth-order valence-corrected chi connectivity index (χ4v) is 8.95. The van der Waals surface area contributed by atoms with E-state index in [1.54, 1.807) is 59.2 Å². The lowest BCUT2D eigenvalue weighted by Crippen LogP contribution is -2.62. The summed E-state index contributed by atoms with van der Waals surface area (Å²) in [5.41, 5.74) is -5.65. The molecule has 58 heavy (non-hydrogen) atoms. The van der Waals surface area contributed by atoms with E-state index in [0.29, 0.717) is 13.0 Å². The molecule has 1 aromatic rings. The third-order valence-corrected chi connectivity index (χ3v) is 12.2. The summed E-state index contributed by atoms with van der Waals surface area (Å²) in [6.07, 6.45) is -1.10. The van der Waals surface area contributed by atoms with Crippen molar-refractivity contribution in [2.24, 2.45) is 17.8 Å². The van der Waals surface area contributed by atoms with Crippen LogP contribution in [0.5, 0.6) is 0 Å². The number of alkyl halides is 1. The number of esters is 1. The maximum Gasteiger partial charge on any atom is 0.410 e. The molecule has 2 amide bonds. The SMILES string of the molecule is C=CCN[C@H]1C[C@@H](C)O[C@@H](O[C@@H]2[C@H](C)C(=O)[C@](C)(F)C(=O)O[C@H](CC)[C@@]3(C)OC(=O)N(CCN(Cc4cccnc4)C(C)=O)C3[C@@H](C)C(=O)[C@H](C)C[C@@]2(C)OC)[C@H]1O. The predicted molar refractivity (Wildman–Crippen MR) is 210 cm³/mol. The van der Waals surface area contributed by atoms with E-state index >= 15 is 4.39 Å². The Morgan fingerprint density at radius 3 is 2.45 bits per heavy atom. The highest BCUT2D eigenvalue weighted by molar-refractivity contribution is 6.08. The Hall–Kier alpha value is -3.83. The topological polar surface area (TPSA) is 183 Å². The Bertz CT molecular complexity index is 1650. The number of nitrogens with zero attached hydrogens (tertiary/aromatic N) is 3. The van der Waals surface area contributed by atoms with Crippen molar-refractivity contribution in [2.75, 3.05) is 26.7 Å². The highest BCUT2D eigenvalue weighted by Gasteiger charge is 2.62. The summed E-state index contributed by atoms with van der Waals surface area (Å²) in [5.74, 6) is -6.42. The Labute approximate surface area is 341 Å². The second-order valence-electron chi connectivity index (χ2n) is 16.7. The van der Waals surface area contributed by atoms with Crippen LogP contribution in [0.3, 0.4) is 0 Å². The molecule has 2 N–H and O–H groups in total. The quantitative estimate of drug-likeness (QED) is 0.176. The summed E-state index contributed by atoms with van der Waals surface area (Å²) in [6, 6.07) is 2.03. The Morgan fingerprint density at radius 2 is 1.86 bits per heavy atom. The Morgan fingerprint density at radius 1 is 1.17 bits per heavy atom. The zero-order valence-electron chi connectivity index (χ0n) is 35.6. The van der Waals surface area contributed by atoms with Crippen molar-refractivity contribution in [3.63, 3.8) is 0 Å². The molecule has 0 bridgehead atoms. The number of fused-ring (bicyclic) bond motifs is 1. The number of carbonyl (C=O) groups is 5. The lowest BCUT2D eigenvalue weighted by molar-refractivity contribution is -0.290. The molecule has 0 saturated carbocycles. The molecular formula is C42H63FN4O11. The van der Waals surface area contributed by atoms with Gasteiger partial charge in [0.1, 0.15) is 18.0 Å². The number of methoxy groups -OCH3 is 1. The molecule has 1 unspecified atom stereocenters. The minimum absolute atomic E-state index is 0.0281. The zero-order chi connectivity index (χ0) is 43.3. The molecule has 4 rings (SSSR count). The average Bonchev–Trinajstić information content (AvgIpc) is 3.45. The molecule has 3 aliphatic heterocycles. The number of aliphatic hydroxyl groups is 1. The first-order chi connectivity index (χ1) is 27.2. The molecule has 3 aliphatic rings. The van der Waals surface area contributed by atoms with Crippen LogP contribution in [-0.4, -0.2) is 136 Å². The maximum atomic E-state index is 16.9. The molecule has 16 heteroatoms. The molecule has 3 fully saturated rings. The second kappa shape index (κ2) is 19.0. The summed E-state index contributed by atoms with van der Waals surface area (Å²) in [6.45, 7) is 17.9. The van der Waals surface area contributed by atoms with Gasteiger partial charge in [-0.15, -0.1) is 6.58 Å². The van der Waals surface area contributed by atoms with E-state index in [9.17, 15) is 29.1 Å². The van der Waals surface area contributed by atoms with Crippen molar-refractivity contribution in [3.8, 4) is 0 Å². The van der Waals surface area contributed by atoms with Gasteiger partial charge in [0.25, 0.3) is 5.67 Å². The van der Waals surface area contributed by atoms with Gasteiger partial charge in [0.2, 0.25) is 5.91 Å². The monoisotopic (exact) mass is 818 g/mol. The molecule has 13 atom stereocenters. The molecule has 0 radical (unpaired) electrons. The summed E-state index contributed by atoms with van der Waals surface area (Å²) >= 11 is 0. The first kappa shape index (κ1) is 46.9. The van der Waals surface area contributed by atoms with Crippen molar-refractivity contribution < 1.29 is 57.2 Å². The maximum absolute atomic E-state index is 16.9. The van der Waals surface area contributed by atoms with Crippen LogP contribution >= 0.6 is 0 Å². The van der Waals surface area contributed by atoms with Crippen molar-refractivity contribution in [1.82, 2.24) is 20.1 Å². The zero-order valence-corrected chi connectivity index (χ0v) is 35.6. The van der Waals surface area contributed by atoms with Crippen molar-refractivity contribution >= 4 is 29.5 Å². The van der Waals surface area contributed by atoms with E-state index in [1.807, 2.05) is 6.07 Å². The first-order valence-corrected chi connectivity index (χ1v) is 20.2. The number of aliphatic hydroxyl groups excluding tert-OH is 1. The van der Waals surface area contributed by atoms with Crippen molar-refractivity contribution in [2.45, 2.75) is 148 Å². The molecule has 0 spiro atoms. The van der Waals surface area contributed by atoms with E-state index in [0.717, 1.165) is 12.5 Å². The van der Waals surface area contributed by atoms with Gasteiger partial charge in [-0.25, -0.2) is 14.0 Å². The van der Waals surface area contributed by atoms with Crippen LogP contribution in [0, 0.1) is 17.8 Å². The number of ketones is 2. The van der Waals surface area contributed by atoms with Crippen LogP contribution in [0.4, 0.5) is 9.18 Å². The number of rotatable bonds is 12. The Balaban J connectivity index is 1.77. The van der Waals surface area contributed by atoms with E-state index in [4.69, 9.17) is 23.7 Å². The molecule has 324 valence electrons. The smallest absolute Gasteiger partial charge is 0.410 e. The molecule has 1 aromatic heterocycles. The predicted octanol–water partition coefficient (Wildman–Crippen LogP) is 3.94. The first-order valence-electron chi connectivity index (χ1n) is 20.2. The number of pyridine rings is 1. The number of aromatic nitrogens is 1. The number of Topliss-reactive ketones (excluding diaryl/α,β-unsaturated/α-hetero) is 2. The van der Waals surface area contributed by atoms with Gasteiger partial charge >= 0.3 is 12.1 Å². The van der Waals surface area contributed by atoms with Gasteiger partial charge in [0.15, 0.2) is 17.7 Å². The normalized spacial score (nSPS) is 37.7. The number of hydrogen-bond acceptors (Lipinski definition) is 13. The highest BCUT2D eigenvalue weighted by atomic mass is 19.1. The minimum atomic E-state index is -3.23. The number of carbonyl (C=O) groups excluding carboxylic acids is 5.